The van der Waals surface area contributed by atoms with Crippen LogP contribution in [0, 0.1) is 5.82 Å². The molecule has 0 unspecified atom stereocenters. The van der Waals surface area contributed by atoms with Crippen molar-refractivity contribution >= 4 is 11.7 Å². The highest BCUT2D eigenvalue weighted by atomic mass is 19.4. The number of amides is 1. The second kappa shape index (κ2) is 9.51. The molecule has 0 aromatic carbocycles. The molecule has 2 atom stereocenters. The summed E-state index contributed by atoms with van der Waals surface area (Å²) in [6.45, 7) is 2.39. The maximum atomic E-state index is 15.1. The molecule has 1 saturated heterocycles. The van der Waals surface area contributed by atoms with Crippen molar-refractivity contribution in [2.45, 2.75) is 38.4 Å². The molecule has 0 aliphatic carbocycles. The highest BCUT2D eigenvalue weighted by Gasteiger charge is 2.37. The number of anilines is 1. The summed E-state index contributed by atoms with van der Waals surface area (Å²) < 4.78 is 64.9. The molecule has 2 aliphatic heterocycles. The highest BCUT2D eigenvalue weighted by Crippen LogP contribution is 2.32. The predicted octanol–water partition coefficient (Wildman–Crippen LogP) is 3.97. The zero-order valence-electron chi connectivity index (χ0n) is 18.2. The maximum Gasteiger partial charge on any atom is 0.417 e. The fraction of sp³-hybridized carbons (Fsp3) is 0.348. The van der Waals surface area contributed by atoms with Crippen molar-refractivity contribution in [3.8, 4) is 0 Å². The topological polar surface area (TPSA) is 90.6 Å². The van der Waals surface area contributed by atoms with Crippen molar-refractivity contribution < 1.29 is 31.8 Å². The van der Waals surface area contributed by atoms with Gasteiger partial charge in [-0.2, -0.15) is 13.2 Å². The van der Waals surface area contributed by atoms with Crippen LogP contribution in [0.3, 0.4) is 0 Å². The Morgan fingerprint density at radius 3 is 2.59 bits per heavy atom. The zero-order valence-corrected chi connectivity index (χ0v) is 18.2. The number of hydrogen-bond donors (Lipinski definition) is 1. The second-order valence-electron chi connectivity index (χ2n) is 8.01. The standard InChI is InChI=1S/C23H22F4N4O3/c1-13-9-33-12-20(19-5-3-15(8-30-19)23(25,26)27)31(13)22(32)16-4-2-14-10-34-11-17(14)21(28)29-7-6-18(16)24/h2-8,13,20H,9-12H2,1H3,(H2,28,29)/t13-,20-/m1/s1. The number of halogens is 4. The maximum absolute atomic E-state index is 15.1. The average Bonchev–Trinajstić information content (AvgIpc) is 3.27. The number of carbonyl (C=O) groups excluding carboxylic acids is 1. The number of rotatable bonds is 2. The van der Waals surface area contributed by atoms with Crippen molar-refractivity contribution in [2.24, 2.45) is 0 Å². The molecule has 2 N–H and O–H groups in total. The molecule has 180 valence electrons. The molecule has 11 heteroatoms. The minimum Gasteiger partial charge on any atom is -0.383 e. The second-order valence-corrected chi connectivity index (χ2v) is 8.01. The van der Waals surface area contributed by atoms with Crippen molar-refractivity contribution in [1.29, 1.82) is 0 Å². The fourth-order valence-corrected chi connectivity index (χ4v) is 3.91. The van der Waals surface area contributed by atoms with Gasteiger partial charge in [-0.3, -0.25) is 9.78 Å². The summed E-state index contributed by atoms with van der Waals surface area (Å²) in [5.41, 5.74) is 6.32. The minimum atomic E-state index is -4.54. The average molecular weight is 478 g/mol. The Morgan fingerprint density at radius 2 is 1.88 bits per heavy atom. The first-order valence-electron chi connectivity index (χ1n) is 10.5. The molecule has 1 amide bonds. The summed E-state index contributed by atoms with van der Waals surface area (Å²) in [7, 11) is 0. The first kappa shape index (κ1) is 23.8. The van der Waals surface area contributed by atoms with Crippen LogP contribution in [0.5, 0.6) is 0 Å². The lowest BCUT2D eigenvalue weighted by molar-refractivity contribution is -0.137. The summed E-state index contributed by atoms with van der Waals surface area (Å²) in [6, 6.07) is 4.76. The highest BCUT2D eigenvalue weighted by molar-refractivity contribution is 5.95. The molecule has 0 radical (unpaired) electrons. The number of pyridine rings is 1. The third-order valence-corrected chi connectivity index (χ3v) is 5.71. The Bertz CT molecular complexity index is 1140. The monoisotopic (exact) mass is 478 g/mol. The fourth-order valence-electron chi connectivity index (χ4n) is 3.91. The number of carbonyl (C=O) groups is 1. The van der Waals surface area contributed by atoms with Crippen LogP contribution in [-0.4, -0.2) is 40.0 Å². The van der Waals surface area contributed by atoms with Crippen LogP contribution < -0.4 is 5.73 Å². The molecule has 2 aromatic rings. The van der Waals surface area contributed by atoms with Crippen LogP contribution in [0.1, 0.15) is 45.7 Å². The van der Waals surface area contributed by atoms with E-state index in [0.29, 0.717) is 17.3 Å². The normalized spacial score (nSPS) is 20.0. The van der Waals surface area contributed by atoms with E-state index in [1.807, 2.05) is 0 Å². The van der Waals surface area contributed by atoms with Crippen molar-refractivity contribution in [3.63, 3.8) is 0 Å². The van der Waals surface area contributed by atoms with E-state index in [9.17, 15) is 18.0 Å². The molecule has 0 saturated carbocycles. The first-order chi connectivity index (χ1) is 16.2. The Morgan fingerprint density at radius 1 is 1.09 bits per heavy atom. The van der Waals surface area contributed by atoms with Gasteiger partial charge in [0, 0.05) is 18.0 Å². The lowest BCUT2D eigenvalue weighted by Crippen LogP contribution is -2.49. The molecule has 1 fully saturated rings. The summed E-state index contributed by atoms with van der Waals surface area (Å²) >= 11 is 0. The van der Waals surface area contributed by atoms with Crippen LogP contribution in [0.4, 0.5) is 23.4 Å². The SMILES string of the molecule is C[C@@H]1COC[C@H](c2ccc(C(F)(F)F)cn2)N1C(=O)c1ccc2c(c(N)nccc1F)COC2. The van der Waals surface area contributed by atoms with Crippen molar-refractivity contribution in [1.82, 2.24) is 14.9 Å². The number of nitrogens with two attached hydrogens (primary N) is 1. The van der Waals surface area contributed by atoms with E-state index in [1.165, 1.54) is 17.0 Å². The molecular weight excluding hydrogens is 456 g/mol. The quantitative estimate of drug-likeness (QED) is 0.657. The van der Waals surface area contributed by atoms with Gasteiger partial charge in [0.25, 0.3) is 5.91 Å². The van der Waals surface area contributed by atoms with Crippen molar-refractivity contribution in [2.75, 3.05) is 18.9 Å². The Labute approximate surface area is 192 Å². The number of fused-ring (bicyclic) bond motifs is 1. The van der Waals surface area contributed by atoms with Gasteiger partial charge in [-0.1, -0.05) is 6.07 Å². The molecule has 34 heavy (non-hydrogen) atoms. The molecule has 4 heterocycles. The van der Waals surface area contributed by atoms with Crippen LogP contribution >= 0.6 is 0 Å². The zero-order chi connectivity index (χ0) is 24.5. The molecule has 0 bridgehead atoms. The van der Waals surface area contributed by atoms with E-state index in [0.717, 1.165) is 18.3 Å². The predicted molar refractivity (Wildman–Crippen MR) is 113 cm³/mol. The summed E-state index contributed by atoms with van der Waals surface area (Å²) in [4.78, 5) is 22.9. The third-order valence-electron chi connectivity index (χ3n) is 5.71. The Hall–Kier alpha value is -3.31. The number of nitrogens with zero attached hydrogens (tertiary/aromatic N) is 3. The number of aromatic nitrogens is 2. The molecule has 2 aliphatic rings. The first-order valence-corrected chi connectivity index (χ1v) is 10.5. The van der Waals surface area contributed by atoms with Gasteiger partial charge in [0.05, 0.1) is 55.3 Å². The smallest absolute Gasteiger partial charge is 0.383 e. The van der Waals surface area contributed by atoms with Gasteiger partial charge in [0.1, 0.15) is 11.6 Å². The van der Waals surface area contributed by atoms with Crippen LogP contribution in [0.15, 0.2) is 42.7 Å². The summed E-state index contributed by atoms with van der Waals surface area (Å²) in [5.74, 6) is -1.29. The van der Waals surface area contributed by atoms with Crippen molar-refractivity contribution in [3.05, 3.63) is 76.5 Å². The molecular formula is C23H22F4N4O3. The van der Waals surface area contributed by atoms with Gasteiger partial charge in [-0.15, -0.1) is 0 Å². The van der Waals surface area contributed by atoms with E-state index >= 15 is 4.39 Å². The third kappa shape index (κ3) is 4.80. The van der Waals surface area contributed by atoms with Gasteiger partial charge in [0.2, 0.25) is 0 Å². The van der Waals surface area contributed by atoms with E-state index < -0.39 is 35.5 Å². The van der Waals surface area contributed by atoms with Gasteiger partial charge in [0.15, 0.2) is 0 Å². The van der Waals surface area contributed by atoms with Gasteiger partial charge < -0.3 is 20.1 Å². The number of morpholine rings is 1. The van der Waals surface area contributed by atoms with E-state index in [1.54, 1.807) is 13.0 Å². The van der Waals surface area contributed by atoms with Gasteiger partial charge in [-0.05, 0) is 36.8 Å². The molecule has 0 spiro atoms. The Balaban J connectivity index is 1.75. The number of hydrogen-bond acceptors (Lipinski definition) is 6. The summed E-state index contributed by atoms with van der Waals surface area (Å²) in [6.07, 6.45) is -2.67. The van der Waals surface area contributed by atoms with E-state index in [2.05, 4.69) is 9.97 Å². The molecule has 7 nitrogen and oxygen atoms in total. The summed E-state index contributed by atoms with van der Waals surface area (Å²) in [5, 5.41) is 0. The van der Waals surface area contributed by atoms with Gasteiger partial charge in [-0.25, -0.2) is 9.37 Å². The lowest BCUT2D eigenvalue weighted by Gasteiger charge is -2.40. The van der Waals surface area contributed by atoms with Gasteiger partial charge >= 0.3 is 6.18 Å². The molecule has 4 rings (SSSR count). The largest absolute Gasteiger partial charge is 0.417 e. The minimum absolute atomic E-state index is 0.00681. The van der Waals surface area contributed by atoms with Crippen LogP contribution in [-0.2, 0) is 28.9 Å². The van der Waals surface area contributed by atoms with Crippen LogP contribution in [0.2, 0.25) is 0 Å². The number of nitrogen functional groups attached to an aromatic ring is 1. The number of alkyl halides is 3. The lowest BCUT2D eigenvalue weighted by atomic mass is 10.0. The molecule has 2 aromatic heterocycles. The van der Waals surface area contributed by atoms with E-state index in [4.69, 9.17) is 15.2 Å². The van der Waals surface area contributed by atoms with E-state index in [-0.39, 0.29) is 43.5 Å². The van der Waals surface area contributed by atoms with Crippen LogP contribution in [0.25, 0.3) is 0 Å². The Kier molecular flexibility index (Phi) is 6.67. The number of ether oxygens (including phenoxy) is 2.